The van der Waals surface area contributed by atoms with Crippen LogP contribution in [0.25, 0.3) is 0 Å². The Morgan fingerprint density at radius 3 is 2.38 bits per heavy atom. The molecule has 1 heterocycles. The first-order valence-electron chi connectivity index (χ1n) is 15.3. The summed E-state index contributed by atoms with van der Waals surface area (Å²) in [6.45, 7) is 8.79. The Bertz CT molecular complexity index is 1140. The number of hydrogen-bond donors (Lipinski definition) is 2. The summed E-state index contributed by atoms with van der Waals surface area (Å²) in [7, 11) is 3.26. The van der Waals surface area contributed by atoms with Crippen molar-refractivity contribution in [1.82, 2.24) is 20.4 Å². The predicted molar refractivity (Wildman–Crippen MR) is 164 cm³/mol. The molecule has 4 rings (SSSR count). The van der Waals surface area contributed by atoms with Crippen LogP contribution < -0.4 is 20.1 Å². The Hall–Kier alpha value is -3.30. The summed E-state index contributed by atoms with van der Waals surface area (Å²) in [4.78, 5) is 31.0. The molecule has 0 radical (unpaired) electrons. The van der Waals surface area contributed by atoms with Crippen LogP contribution in [0.4, 0.5) is 4.79 Å². The average molecular weight is 581 g/mol. The van der Waals surface area contributed by atoms with Crippen molar-refractivity contribution in [1.29, 1.82) is 0 Å². The fourth-order valence-corrected chi connectivity index (χ4v) is 5.57. The standard InChI is InChI=1S/C33H48N4O5/c1-24(2)36(32(38)26-11-14-30(41-4)31(19-26)42-18-8-17-40-3)22-27-20-34-21-28(27)23-37(29-12-13-29)33(39)35-16-15-25-9-6-5-7-10-25/h5-7,9-11,14,19,24,27-29,34H,8,12-13,15-18,20-23H2,1-4H3,(H,35,39). The summed E-state index contributed by atoms with van der Waals surface area (Å²) in [6, 6.07) is 16.0. The van der Waals surface area contributed by atoms with Gasteiger partial charge >= 0.3 is 6.03 Å². The lowest BCUT2D eigenvalue weighted by Gasteiger charge is -2.33. The van der Waals surface area contributed by atoms with Crippen LogP contribution in [0.5, 0.6) is 11.5 Å². The van der Waals surface area contributed by atoms with Crippen molar-refractivity contribution in [2.75, 3.05) is 60.2 Å². The van der Waals surface area contributed by atoms with Gasteiger partial charge in [0.1, 0.15) is 0 Å². The summed E-state index contributed by atoms with van der Waals surface area (Å²) < 4.78 is 16.5. The second-order valence-electron chi connectivity index (χ2n) is 11.6. The van der Waals surface area contributed by atoms with Gasteiger partial charge in [-0.2, -0.15) is 0 Å². The van der Waals surface area contributed by atoms with Gasteiger partial charge in [0.25, 0.3) is 5.91 Å². The van der Waals surface area contributed by atoms with E-state index in [-0.39, 0.29) is 29.8 Å². The molecule has 2 aromatic carbocycles. The monoisotopic (exact) mass is 580 g/mol. The first kappa shape index (κ1) is 31.6. The molecule has 2 unspecified atom stereocenters. The Balaban J connectivity index is 1.38. The van der Waals surface area contributed by atoms with E-state index < -0.39 is 0 Å². The number of amides is 3. The summed E-state index contributed by atoms with van der Waals surface area (Å²) in [5, 5.41) is 6.68. The van der Waals surface area contributed by atoms with Gasteiger partial charge in [-0.05, 0) is 68.7 Å². The third-order valence-corrected chi connectivity index (χ3v) is 8.17. The SMILES string of the molecule is COCCCOc1cc(C(=O)N(CC2CNCC2CN(C(=O)NCCc2ccccc2)C2CC2)C(C)C)ccc1OC. The lowest BCUT2D eigenvalue weighted by atomic mass is 9.94. The maximum atomic E-state index is 13.8. The first-order valence-corrected chi connectivity index (χ1v) is 15.3. The molecule has 2 N–H and O–H groups in total. The van der Waals surface area contributed by atoms with Crippen molar-refractivity contribution in [3.8, 4) is 11.5 Å². The van der Waals surface area contributed by atoms with Crippen LogP contribution in [0.3, 0.4) is 0 Å². The number of nitrogens with zero attached hydrogens (tertiary/aromatic N) is 2. The second kappa shape index (κ2) is 15.8. The van der Waals surface area contributed by atoms with E-state index in [2.05, 4.69) is 36.6 Å². The van der Waals surface area contributed by atoms with E-state index in [0.717, 1.165) is 38.8 Å². The third-order valence-electron chi connectivity index (χ3n) is 8.17. The van der Waals surface area contributed by atoms with Gasteiger partial charge in [0, 0.05) is 70.5 Å². The lowest BCUT2D eigenvalue weighted by molar-refractivity contribution is 0.0652. The highest BCUT2D eigenvalue weighted by Gasteiger charge is 2.38. The van der Waals surface area contributed by atoms with Crippen molar-refractivity contribution in [3.63, 3.8) is 0 Å². The smallest absolute Gasteiger partial charge is 0.317 e. The zero-order valence-electron chi connectivity index (χ0n) is 25.6. The van der Waals surface area contributed by atoms with E-state index in [1.54, 1.807) is 32.4 Å². The maximum Gasteiger partial charge on any atom is 0.317 e. The van der Waals surface area contributed by atoms with Gasteiger partial charge in [-0.25, -0.2) is 4.79 Å². The first-order chi connectivity index (χ1) is 20.4. The molecule has 9 heteroatoms. The molecule has 2 fully saturated rings. The van der Waals surface area contributed by atoms with Gasteiger partial charge in [-0.3, -0.25) is 4.79 Å². The highest BCUT2D eigenvalue weighted by atomic mass is 16.5. The molecular weight excluding hydrogens is 532 g/mol. The van der Waals surface area contributed by atoms with Crippen molar-refractivity contribution >= 4 is 11.9 Å². The number of ether oxygens (including phenoxy) is 3. The van der Waals surface area contributed by atoms with Gasteiger partial charge < -0.3 is 34.6 Å². The van der Waals surface area contributed by atoms with Crippen molar-refractivity contribution in [3.05, 3.63) is 59.7 Å². The van der Waals surface area contributed by atoms with Gasteiger partial charge in [-0.1, -0.05) is 30.3 Å². The number of nitrogens with one attached hydrogen (secondary N) is 2. The van der Waals surface area contributed by atoms with Crippen LogP contribution in [-0.4, -0.2) is 94.0 Å². The number of urea groups is 1. The maximum absolute atomic E-state index is 13.8. The molecule has 1 aliphatic heterocycles. The van der Waals surface area contributed by atoms with Gasteiger partial charge in [-0.15, -0.1) is 0 Å². The molecule has 2 atom stereocenters. The molecule has 0 aromatic heterocycles. The largest absolute Gasteiger partial charge is 0.493 e. The van der Waals surface area contributed by atoms with Crippen LogP contribution in [0.15, 0.2) is 48.5 Å². The predicted octanol–water partition coefficient (Wildman–Crippen LogP) is 4.21. The molecule has 42 heavy (non-hydrogen) atoms. The quantitative estimate of drug-likeness (QED) is 0.289. The van der Waals surface area contributed by atoms with E-state index in [9.17, 15) is 9.59 Å². The molecule has 230 valence electrons. The Kier molecular flexibility index (Phi) is 11.9. The summed E-state index contributed by atoms with van der Waals surface area (Å²) in [6.07, 6.45) is 3.67. The fraction of sp³-hybridized carbons (Fsp3) is 0.576. The second-order valence-corrected chi connectivity index (χ2v) is 11.6. The van der Waals surface area contributed by atoms with Crippen LogP contribution in [0.2, 0.25) is 0 Å². The molecule has 1 saturated carbocycles. The molecule has 2 aromatic rings. The van der Waals surface area contributed by atoms with Crippen molar-refractivity contribution in [2.45, 2.75) is 51.6 Å². The molecule has 0 bridgehead atoms. The fourth-order valence-electron chi connectivity index (χ4n) is 5.57. The molecule has 2 aliphatic rings. The van der Waals surface area contributed by atoms with E-state index >= 15 is 0 Å². The highest BCUT2D eigenvalue weighted by Crippen LogP contribution is 2.32. The van der Waals surface area contributed by atoms with Crippen molar-refractivity contribution < 1.29 is 23.8 Å². The van der Waals surface area contributed by atoms with E-state index in [1.807, 2.05) is 28.0 Å². The number of carbonyl (C=O) groups is 2. The number of hydrogen-bond acceptors (Lipinski definition) is 6. The van der Waals surface area contributed by atoms with Crippen molar-refractivity contribution in [2.24, 2.45) is 11.8 Å². The van der Waals surface area contributed by atoms with Crippen LogP contribution in [0, 0.1) is 11.8 Å². The number of methoxy groups -OCH3 is 2. The van der Waals surface area contributed by atoms with Crippen LogP contribution >= 0.6 is 0 Å². The van der Waals surface area contributed by atoms with Crippen LogP contribution in [-0.2, 0) is 11.2 Å². The molecule has 1 aliphatic carbocycles. The van der Waals surface area contributed by atoms with Gasteiger partial charge in [0.2, 0.25) is 0 Å². The zero-order valence-corrected chi connectivity index (χ0v) is 25.6. The summed E-state index contributed by atoms with van der Waals surface area (Å²) in [5.41, 5.74) is 1.79. The minimum atomic E-state index is -0.0299. The summed E-state index contributed by atoms with van der Waals surface area (Å²) in [5.74, 6) is 1.65. The highest BCUT2D eigenvalue weighted by molar-refractivity contribution is 5.95. The minimum Gasteiger partial charge on any atom is -0.493 e. The molecule has 0 spiro atoms. The van der Waals surface area contributed by atoms with Gasteiger partial charge in [0.15, 0.2) is 11.5 Å². The molecular formula is C33H48N4O5. The van der Waals surface area contributed by atoms with E-state index in [4.69, 9.17) is 14.2 Å². The Morgan fingerprint density at radius 2 is 1.71 bits per heavy atom. The molecule has 9 nitrogen and oxygen atoms in total. The topological polar surface area (TPSA) is 92.4 Å². The number of rotatable bonds is 16. The lowest BCUT2D eigenvalue weighted by Crippen LogP contribution is -2.47. The zero-order chi connectivity index (χ0) is 29.9. The van der Waals surface area contributed by atoms with E-state index in [1.165, 1.54) is 5.56 Å². The number of benzene rings is 2. The third kappa shape index (κ3) is 8.85. The average Bonchev–Trinajstić information content (AvgIpc) is 3.75. The molecule has 3 amide bonds. The minimum absolute atomic E-state index is 0.0205. The molecule has 1 saturated heterocycles. The Labute approximate surface area is 250 Å². The van der Waals surface area contributed by atoms with E-state index in [0.29, 0.717) is 56.0 Å². The number of carbonyl (C=O) groups excluding carboxylic acids is 2. The van der Waals surface area contributed by atoms with Crippen LogP contribution in [0.1, 0.15) is 49.0 Å². The van der Waals surface area contributed by atoms with Gasteiger partial charge in [0.05, 0.1) is 13.7 Å². The normalized spacial score (nSPS) is 18.1. The Morgan fingerprint density at radius 1 is 0.976 bits per heavy atom. The summed E-state index contributed by atoms with van der Waals surface area (Å²) >= 11 is 0.